The van der Waals surface area contributed by atoms with Crippen molar-refractivity contribution in [3.63, 3.8) is 0 Å². The van der Waals surface area contributed by atoms with Gasteiger partial charge in [0.15, 0.2) is 13.2 Å². The van der Waals surface area contributed by atoms with E-state index in [0.717, 1.165) is 5.56 Å². The van der Waals surface area contributed by atoms with Gasteiger partial charge in [-0.2, -0.15) is 16.3 Å². The van der Waals surface area contributed by atoms with Gasteiger partial charge in [-0.3, -0.25) is 0 Å². The van der Waals surface area contributed by atoms with Gasteiger partial charge in [0.2, 0.25) is 5.82 Å². The van der Waals surface area contributed by atoms with Gasteiger partial charge in [-0.05, 0) is 34.6 Å². The lowest BCUT2D eigenvalue weighted by Crippen LogP contribution is -2.15. The normalized spacial score (nSPS) is 11.3. The van der Waals surface area contributed by atoms with Gasteiger partial charge >= 0.3 is 5.97 Å². The minimum atomic E-state index is -0.494. The molecule has 0 saturated heterocycles. The lowest BCUT2D eigenvalue weighted by atomic mass is 9.87. The number of thiophene rings is 1. The highest BCUT2D eigenvalue weighted by molar-refractivity contribution is 7.08. The summed E-state index contributed by atoms with van der Waals surface area (Å²) in [5, 5.41) is 7.62. The highest BCUT2D eigenvalue weighted by Gasteiger charge is 2.14. The van der Waals surface area contributed by atoms with Crippen LogP contribution in [0.5, 0.6) is 5.75 Å². The first-order valence-electron chi connectivity index (χ1n) is 8.16. The fourth-order valence-electron chi connectivity index (χ4n) is 2.20. The Labute approximate surface area is 155 Å². The van der Waals surface area contributed by atoms with Gasteiger partial charge in [0.25, 0.3) is 5.89 Å². The summed E-state index contributed by atoms with van der Waals surface area (Å²) in [6, 6.07) is 9.56. The predicted octanol–water partition coefficient (Wildman–Crippen LogP) is 4.22. The van der Waals surface area contributed by atoms with Crippen LogP contribution in [0, 0.1) is 0 Å². The van der Waals surface area contributed by atoms with E-state index in [2.05, 4.69) is 30.9 Å². The maximum absolute atomic E-state index is 11.8. The second kappa shape index (κ2) is 7.70. The fraction of sp³-hybridized carbons (Fsp3) is 0.316. The number of hydrogen-bond acceptors (Lipinski definition) is 7. The molecule has 6 nitrogen and oxygen atoms in total. The molecule has 0 spiro atoms. The zero-order valence-corrected chi connectivity index (χ0v) is 15.7. The van der Waals surface area contributed by atoms with E-state index in [1.165, 1.54) is 16.9 Å². The molecule has 0 saturated carbocycles. The monoisotopic (exact) mass is 372 g/mol. The van der Waals surface area contributed by atoms with Crippen molar-refractivity contribution in [2.45, 2.75) is 32.8 Å². The van der Waals surface area contributed by atoms with Gasteiger partial charge in [0.05, 0.1) is 5.56 Å². The molecule has 136 valence electrons. The van der Waals surface area contributed by atoms with Gasteiger partial charge in [-0.25, -0.2) is 4.79 Å². The molecule has 2 aromatic heterocycles. The number of carbonyl (C=O) groups is 1. The lowest BCUT2D eigenvalue weighted by molar-refractivity contribution is -0.147. The molecule has 0 N–H and O–H groups in total. The third-order valence-electron chi connectivity index (χ3n) is 3.68. The van der Waals surface area contributed by atoms with Crippen LogP contribution < -0.4 is 4.74 Å². The fourth-order valence-corrected chi connectivity index (χ4v) is 2.83. The molecule has 0 unspecified atom stereocenters. The first-order valence-corrected chi connectivity index (χ1v) is 9.10. The molecule has 2 heterocycles. The number of rotatable bonds is 6. The number of ether oxygens (including phenoxy) is 2. The predicted molar refractivity (Wildman–Crippen MR) is 98.0 cm³/mol. The minimum Gasteiger partial charge on any atom is -0.482 e. The van der Waals surface area contributed by atoms with Crippen molar-refractivity contribution in [1.29, 1.82) is 0 Å². The standard InChI is InChI=1S/C19H20N2O4S/c1-19(2,3)14-4-6-15(7-5-14)23-11-17(22)24-10-16-20-18(25-21-16)13-8-9-26-12-13/h4-9,12H,10-11H2,1-3H3. The summed E-state index contributed by atoms with van der Waals surface area (Å²) in [6.07, 6.45) is 0. The molecule has 0 aliphatic heterocycles. The zero-order valence-electron chi connectivity index (χ0n) is 14.9. The summed E-state index contributed by atoms with van der Waals surface area (Å²) in [7, 11) is 0. The molecule has 0 atom stereocenters. The second-order valence-electron chi connectivity index (χ2n) is 6.75. The second-order valence-corrected chi connectivity index (χ2v) is 7.53. The van der Waals surface area contributed by atoms with Crippen LogP contribution in [0.1, 0.15) is 32.2 Å². The summed E-state index contributed by atoms with van der Waals surface area (Å²) in [4.78, 5) is 16.0. The van der Waals surface area contributed by atoms with Crippen molar-refractivity contribution < 1.29 is 18.8 Å². The zero-order chi connectivity index (χ0) is 18.6. The SMILES string of the molecule is CC(C)(C)c1ccc(OCC(=O)OCc2noc(-c3ccsc3)n2)cc1. The molecule has 0 aliphatic carbocycles. The van der Waals surface area contributed by atoms with E-state index in [4.69, 9.17) is 14.0 Å². The number of esters is 1. The van der Waals surface area contributed by atoms with Crippen molar-refractivity contribution in [3.8, 4) is 17.2 Å². The van der Waals surface area contributed by atoms with E-state index in [9.17, 15) is 4.79 Å². The Balaban J connectivity index is 1.46. The van der Waals surface area contributed by atoms with E-state index in [-0.39, 0.29) is 18.6 Å². The maximum atomic E-state index is 11.8. The Morgan fingerprint density at radius 2 is 1.96 bits per heavy atom. The highest BCUT2D eigenvalue weighted by Crippen LogP contribution is 2.24. The van der Waals surface area contributed by atoms with Crippen LogP contribution in [0.25, 0.3) is 11.5 Å². The van der Waals surface area contributed by atoms with Crippen LogP contribution in [0.3, 0.4) is 0 Å². The van der Waals surface area contributed by atoms with Gasteiger partial charge < -0.3 is 14.0 Å². The Kier molecular flexibility index (Phi) is 5.37. The van der Waals surface area contributed by atoms with Crippen LogP contribution in [0.2, 0.25) is 0 Å². The third-order valence-corrected chi connectivity index (χ3v) is 4.36. The molecule has 0 bridgehead atoms. The Bertz CT molecular complexity index is 849. The summed E-state index contributed by atoms with van der Waals surface area (Å²) in [5.74, 6) is 0.850. The van der Waals surface area contributed by atoms with E-state index in [0.29, 0.717) is 17.5 Å². The Morgan fingerprint density at radius 1 is 1.19 bits per heavy atom. The molecular formula is C19H20N2O4S. The first-order chi connectivity index (χ1) is 12.4. The summed E-state index contributed by atoms with van der Waals surface area (Å²) >= 11 is 1.54. The molecule has 0 amide bonds. The molecule has 1 aromatic carbocycles. The van der Waals surface area contributed by atoms with E-state index >= 15 is 0 Å². The lowest BCUT2D eigenvalue weighted by Gasteiger charge is -2.19. The van der Waals surface area contributed by atoms with Crippen LogP contribution in [0.15, 0.2) is 45.6 Å². The van der Waals surface area contributed by atoms with Gasteiger partial charge in [-0.1, -0.05) is 38.1 Å². The van der Waals surface area contributed by atoms with E-state index < -0.39 is 5.97 Å². The number of benzene rings is 1. The molecule has 26 heavy (non-hydrogen) atoms. The van der Waals surface area contributed by atoms with Crippen molar-refractivity contribution in [1.82, 2.24) is 10.1 Å². The Morgan fingerprint density at radius 3 is 2.62 bits per heavy atom. The quantitative estimate of drug-likeness (QED) is 0.603. The Hall–Kier alpha value is -2.67. The molecule has 0 fully saturated rings. The number of carbonyl (C=O) groups excluding carboxylic acids is 1. The maximum Gasteiger partial charge on any atom is 0.344 e. The van der Waals surface area contributed by atoms with Gasteiger partial charge in [-0.15, -0.1) is 0 Å². The molecule has 0 aliphatic rings. The van der Waals surface area contributed by atoms with Crippen molar-refractivity contribution in [3.05, 3.63) is 52.5 Å². The molecule has 3 aromatic rings. The van der Waals surface area contributed by atoms with Crippen molar-refractivity contribution in [2.24, 2.45) is 0 Å². The number of nitrogens with zero attached hydrogens (tertiary/aromatic N) is 2. The third kappa shape index (κ3) is 4.70. The smallest absolute Gasteiger partial charge is 0.344 e. The van der Waals surface area contributed by atoms with Crippen molar-refractivity contribution >= 4 is 17.3 Å². The molecule has 7 heteroatoms. The van der Waals surface area contributed by atoms with Crippen LogP contribution in [0.4, 0.5) is 0 Å². The molecular weight excluding hydrogens is 352 g/mol. The van der Waals surface area contributed by atoms with Crippen LogP contribution in [-0.2, 0) is 21.6 Å². The topological polar surface area (TPSA) is 74.5 Å². The highest BCUT2D eigenvalue weighted by atomic mass is 32.1. The summed E-state index contributed by atoms with van der Waals surface area (Å²) in [5.41, 5.74) is 2.12. The average molecular weight is 372 g/mol. The van der Waals surface area contributed by atoms with Gasteiger partial charge in [0.1, 0.15) is 5.75 Å². The first kappa shape index (κ1) is 18.1. The van der Waals surface area contributed by atoms with Gasteiger partial charge in [0, 0.05) is 5.38 Å². The van der Waals surface area contributed by atoms with Crippen LogP contribution >= 0.6 is 11.3 Å². The molecule has 3 rings (SSSR count). The van der Waals surface area contributed by atoms with E-state index in [1.54, 1.807) is 0 Å². The van der Waals surface area contributed by atoms with Crippen molar-refractivity contribution in [2.75, 3.05) is 6.61 Å². The largest absolute Gasteiger partial charge is 0.482 e. The number of hydrogen-bond donors (Lipinski definition) is 0. The summed E-state index contributed by atoms with van der Waals surface area (Å²) < 4.78 is 15.7. The molecule has 0 radical (unpaired) electrons. The summed E-state index contributed by atoms with van der Waals surface area (Å²) in [6.45, 7) is 6.19. The number of aromatic nitrogens is 2. The van der Waals surface area contributed by atoms with E-state index in [1.807, 2.05) is 41.1 Å². The van der Waals surface area contributed by atoms with Crippen LogP contribution in [-0.4, -0.2) is 22.7 Å². The average Bonchev–Trinajstić information content (AvgIpc) is 3.29. The minimum absolute atomic E-state index is 0.0568.